The molecule has 5 nitrogen and oxygen atoms in total. The average molecular weight is 386 g/mol. The third kappa shape index (κ3) is 4.35. The Kier molecular flexibility index (Phi) is 5.63. The van der Waals surface area contributed by atoms with E-state index in [-0.39, 0.29) is 24.3 Å². The molecule has 0 bridgehead atoms. The van der Waals surface area contributed by atoms with Gasteiger partial charge in [0.05, 0.1) is 12.6 Å². The van der Waals surface area contributed by atoms with Crippen LogP contribution in [-0.2, 0) is 4.79 Å². The van der Waals surface area contributed by atoms with E-state index in [0.717, 1.165) is 5.56 Å². The molecule has 0 radical (unpaired) electrons. The van der Waals surface area contributed by atoms with Gasteiger partial charge in [0.2, 0.25) is 5.91 Å². The summed E-state index contributed by atoms with van der Waals surface area (Å²) < 4.78 is 5.55. The van der Waals surface area contributed by atoms with Crippen molar-refractivity contribution in [1.29, 1.82) is 0 Å². The molecule has 0 spiro atoms. The number of carbonyl (C=O) groups excluding carboxylic acids is 2. The van der Waals surface area contributed by atoms with Crippen LogP contribution >= 0.6 is 27.5 Å². The number of nitrogens with one attached hydrogen (secondary N) is 2. The quantitative estimate of drug-likeness (QED) is 0.829. The molecule has 1 atom stereocenters. The van der Waals surface area contributed by atoms with Gasteiger partial charge in [0, 0.05) is 5.02 Å². The Balaban J connectivity index is 1.85. The van der Waals surface area contributed by atoms with Crippen LogP contribution in [0.2, 0.25) is 5.02 Å². The summed E-state index contributed by atoms with van der Waals surface area (Å²) in [6.07, 6.45) is 0. The van der Waals surface area contributed by atoms with Gasteiger partial charge in [0.1, 0.15) is 0 Å². The van der Waals surface area contributed by atoms with Gasteiger partial charge in [-0.2, -0.15) is 0 Å². The van der Waals surface area contributed by atoms with Crippen LogP contribution < -0.4 is 10.6 Å². The first-order valence-corrected chi connectivity index (χ1v) is 7.72. The Bertz CT molecular complexity index is 687. The molecule has 22 heavy (non-hydrogen) atoms. The molecule has 0 aliphatic heterocycles. The molecule has 0 saturated carbocycles. The molecule has 0 saturated heterocycles. The Hall–Kier alpha value is -1.79. The third-order valence-electron chi connectivity index (χ3n) is 2.96. The molecule has 0 aliphatic carbocycles. The maximum atomic E-state index is 11.9. The van der Waals surface area contributed by atoms with Crippen molar-refractivity contribution in [2.24, 2.45) is 0 Å². The molecular formula is C15H14BrClN2O3. The number of hydrogen-bond acceptors (Lipinski definition) is 3. The van der Waals surface area contributed by atoms with Crippen LogP contribution in [0.1, 0.15) is 29.1 Å². The number of carbonyl (C=O) groups is 2. The summed E-state index contributed by atoms with van der Waals surface area (Å²) in [5.41, 5.74) is 0.818. The van der Waals surface area contributed by atoms with Gasteiger partial charge in [-0.25, -0.2) is 0 Å². The Morgan fingerprint density at radius 3 is 2.64 bits per heavy atom. The van der Waals surface area contributed by atoms with Crippen molar-refractivity contribution in [3.8, 4) is 0 Å². The van der Waals surface area contributed by atoms with Crippen molar-refractivity contribution in [3.05, 3.63) is 57.4 Å². The average Bonchev–Trinajstić information content (AvgIpc) is 2.91. The number of benzene rings is 1. The molecule has 0 aliphatic rings. The first-order chi connectivity index (χ1) is 10.5. The highest BCUT2D eigenvalue weighted by atomic mass is 79.9. The molecule has 0 fully saturated rings. The number of amides is 2. The molecule has 1 unspecified atom stereocenters. The van der Waals surface area contributed by atoms with Gasteiger partial charge in [-0.1, -0.05) is 29.8 Å². The predicted octanol–water partition coefficient (Wildman–Crippen LogP) is 3.30. The molecule has 116 valence electrons. The number of hydrogen-bond donors (Lipinski definition) is 2. The van der Waals surface area contributed by atoms with E-state index in [2.05, 4.69) is 26.6 Å². The van der Waals surface area contributed by atoms with Gasteiger partial charge in [0.15, 0.2) is 10.4 Å². The molecular weight excluding hydrogens is 372 g/mol. The summed E-state index contributed by atoms with van der Waals surface area (Å²) in [5, 5.41) is 5.84. The Morgan fingerprint density at radius 1 is 1.27 bits per heavy atom. The first kappa shape index (κ1) is 16.6. The molecule has 1 aromatic carbocycles. The van der Waals surface area contributed by atoms with Crippen molar-refractivity contribution < 1.29 is 14.0 Å². The predicted molar refractivity (Wildman–Crippen MR) is 86.8 cm³/mol. The maximum Gasteiger partial charge on any atom is 0.287 e. The summed E-state index contributed by atoms with van der Waals surface area (Å²) in [5.74, 6) is -0.628. The smallest absolute Gasteiger partial charge is 0.287 e. The van der Waals surface area contributed by atoms with Crippen molar-refractivity contribution >= 4 is 39.3 Å². The lowest BCUT2D eigenvalue weighted by Gasteiger charge is -2.15. The van der Waals surface area contributed by atoms with E-state index < -0.39 is 5.91 Å². The largest absolute Gasteiger partial charge is 0.444 e. The fourth-order valence-corrected chi connectivity index (χ4v) is 2.49. The monoisotopic (exact) mass is 384 g/mol. The molecule has 2 amide bonds. The van der Waals surface area contributed by atoms with Crippen LogP contribution in [-0.4, -0.2) is 18.4 Å². The summed E-state index contributed by atoms with van der Waals surface area (Å²) in [6, 6.07) is 10.1. The fourth-order valence-electron chi connectivity index (χ4n) is 1.88. The van der Waals surface area contributed by atoms with Crippen molar-refractivity contribution in [1.82, 2.24) is 10.6 Å². The van der Waals surface area contributed by atoms with Crippen LogP contribution in [0.3, 0.4) is 0 Å². The summed E-state index contributed by atoms with van der Waals surface area (Å²) in [7, 11) is 0. The second kappa shape index (κ2) is 7.47. The first-order valence-electron chi connectivity index (χ1n) is 6.54. The third-order valence-corrected chi connectivity index (χ3v) is 3.73. The zero-order valence-electron chi connectivity index (χ0n) is 11.7. The van der Waals surface area contributed by atoms with Gasteiger partial charge in [-0.15, -0.1) is 0 Å². The molecule has 2 N–H and O–H groups in total. The summed E-state index contributed by atoms with van der Waals surface area (Å²) in [4.78, 5) is 23.6. The van der Waals surface area contributed by atoms with E-state index in [0.29, 0.717) is 9.69 Å². The van der Waals surface area contributed by atoms with Crippen molar-refractivity contribution in [2.45, 2.75) is 13.0 Å². The molecule has 1 aromatic heterocycles. The van der Waals surface area contributed by atoms with Gasteiger partial charge < -0.3 is 15.1 Å². The molecule has 2 aromatic rings. The second-order valence-electron chi connectivity index (χ2n) is 4.60. The lowest BCUT2D eigenvalue weighted by Crippen LogP contribution is -2.38. The lowest BCUT2D eigenvalue weighted by atomic mass is 10.1. The van der Waals surface area contributed by atoms with E-state index in [4.69, 9.17) is 16.0 Å². The number of furan rings is 1. The van der Waals surface area contributed by atoms with E-state index >= 15 is 0 Å². The van der Waals surface area contributed by atoms with Crippen molar-refractivity contribution in [3.63, 3.8) is 0 Å². The highest BCUT2D eigenvalue weighted by Gasteiger charge is 2.15. The van der Waals surface area contributed by atoms with Crippen LogP contribution in [0.15, 0.2) is 45.5 Å². The normalized spacial score (nSPS) is 11.8. The van der Waals surface area contributed by atoms with E-state index in [1.807, 2.05) is 25.1 Å². The van der Waals surface area contributed by atoms with Crippen LogP contribution in [0.4, 0.5) is 0 Å². The zero-order valence-corrected chi connectivity index (χ0v) is 14.1. The second-order valence-corrected chi connectivity index (χ2v) is 5.79. The summed E-state index contributed by atoms with van der Waals surface area (Å²) >= 11 is 9.18. The molecule has 7 heteroatoms. The van der Waals surface area contributed by atoms with Gasteiger partial charge >= 0.3 is 0 Å². The lowest BCUT2D eigenvalue weighted by molar-refractivity contribution is -0.120. The van der Waals surface area contributed by atoms with Crippen LogP contribution in [0.25, 0.3) is 0 Å². The summed E-state index contributed by atoms with van der Waals surface area (Å²) in [6.45, 7) is 1.68. The number of halogens is 2. The minimum atomic E-state index is -0.453. The van der Waals surface area contributed by atoms with Gasteiger partial charge in [-0.3, -0.25) is 9.59 Å². The van der Waals surface area contributed by atoms with Crippen LogP contribution in [0, 0.1) is 0 Å². The highest BCUT2D eigenvalue weighted by Crippen LogP contribution is 2.21. The number of rotatable bonds is 5. The maximum absolute atomic E-state index is 11.9. The minimum Gasteiger partial charge on any atom is -0.444 e. The van der Waals surface area contributed by atoms with Crippen LogP contribution in [0.5, 0.6) is 0 Å². The topological polar surface area (TPSA) is 71.3 Å². The standard InChI is InChI=1S/C15H14BrClN2O3/c1-9(10-4-2-3-5-11(10)17)19-14(20)8-18-15(21)12-6-7-13(16)22-12/h2-7,9H,8H2,1H3,(H,18,21)(H,19,20). The Labute approximate surface area is 141 Å². The van der Waals surface area contributed by atoms with Gasteiger partial charge in [-0.05, 0) is 46.6 Å². The van der Waals surface area contributed by atoms with E-state index in [1.165, 1.54) is 6.07 Å². The van der Waals surface area contributed by atoms with Gasteiger partial charge in [0.25, 0.3) is 5.91 Å². The minimum absolute atomic E-state index is 0.138. The highest BCUT2D eigenvalue weighted by molar-refractivity contribution is 9.10. The van der Waals surface area contributed by atoms with E-state index in [9.17, 15) is 9.59 Å². The molecule has 2 rings (SSSR count). The van der Waals surface area contributed by atoms with E-state index in [1.54, 1.807) is 12.1 Å². The fraction of sp³-hybridized carbons (Fsp3) is 0.200. The molecule has 1 heterocycles. The Morgan fingerprint density at radius 2 is 2.00 bits per heavy atom. The van der Waals surface area contributed by atoms with Crippen molar-refractivity contribution in [2.75, 3.05) is 6.54 Å². The zero-order chi connectivity index (χ0) is 16.1. The SMILES string of the molecule is CC(NC(=O)CNC(=O)c1ccc(Br)o1)c1ccccc1Cl.